The van der Waals surface area contributed by atoms with Gasteiger partial charge in [-0.25, -0.2) is 0 Å². The first-order valence-corrected chi connectivity index (χ1v) is 12.6. The molecular weight excluding hydrogens is 501 g/mol. The van der Waals surface area contributed by atoms with E-state index in [2.05, 4.69) is 31.0 Å². The van der Waals surface area contributed by atoms with Crippen LogP contribution < -0.4 is 20.9 Å². The van der Waals surface area contributed by atoms with Crippen LogP contribution in [0.2, 0.25) is 10.0 Å². The van der Waals surface area contributed by atoms with E-state index in [4.69, 9.17) is 23.2 Å². The van der Waals surface area contributed by atoms with Crippen LogP contribution in [0.3, 0.4) is 0 Å². The van der Waals surface area contributed by atoms with Gasteiger partial charge < -0.3 is 30.9 Å². The van der Waals surface area contributed by atoms with Crippen molar-refractivity contribution in [2.75, 3.05) is 54.8 Å². The first-order chi connectivity index (χ1) is 17.5. The summed E-state index contributed by atoms with van der Waals surface area (Å²) in [7, 11) is 0. The van der Waals surface area contributed by atoms with E-state index in [1.165, 1.54) is 0 Å². The number of aliphatic hydroxyl groups is 1. The maximum atomic E-state index is 12.7. The first kappa shape index (κ1) is 24.6. The molecule has 0 spiro atoms. The first-order valence-electron chi connectivity index (χ1n) is 11.8. The molecule has 1 unspecified atom stereocenters. The minimum atomic E-state index is -1.09. The molecule has 0 radical (unpaired) electrons. The number of aliphatic hydroxyl groups excluding tert-OH is 1. The number of anilines is 3. The summed E-state index contributed by atoms with van der Waals surface area (Å²) < 4.78 is 0. The van der Waals surface area contributed by atoms with Crippen molar-refractivity contribution < 1.29 is 9.90 Å². The number of nitrogens with zero attached hydrogens (tertiary/aromatic N) is 4. The number of carbonyl (C=O) groups is 1. The number of carbonyl (C=O) groups excluding carboxylic acids is 1. The van der Waals surface area contributed by atoms with Crippen LogP contribution in [-0.2, 0) is 6.54 Å². The third kappa shape index (κ3) is 5.49. The zero-order chi connectivity index (χ0) is 25.1. The molecule has 0 saturated carbocycles. The van der Waals surface area contributed by atoms with E-state index in [1.807, 2.05) is 17.0 Å². The van der Waals surface area contributed by atoms with Crippen molar-refractivity contribution in [1.82, 2.24) is 20.4 Å². The van der Waals surface area contributed by atoms with Crippen molar-refractivity contribution in [3.63, 3.8) is 0 Å². The molecule has 1 fully saturated rings. The average Bonchev–Trinajstić information content (AvgIpc) is 2.91. The number of rotatable bonds is 6. The Morgan fingerprint density at radius 1 is 1.03 bits per heavy atom. The lowest BCUT2D eigenvalue weighted by Crippen LogP contribution is -2.46. The second-order valence-corrected chi connectivity index (χ2v) is 9.60. The minimum Gasteiger partial charge on any atom is -0.368 e. The summed E-state index contributed by atoms with van der Waals surface area (Å²) in [5, 5.41) is 30.1. The molecule has 3 heterocycles. The number of halogens is 2. The van der Waals surface area contributed by atoms with Crippen LogP contribution in [0.15, 0.2) is 48.5 Å². The Kier molecular flexibility index (Phi) is 7.43. The van der Waals surface area contributed by atoms with Crippen molar-refractivity contribution in [1.29, 1.82) is 0 Å². The second-order valence-electron chi connectivity index (χ2n) is 8.75. The molecule has 2 aliphatic rings. The third-order valence-electron chi connectivity index (χ3n) is 6.30. The van der Waals surface area contributed by atoms with Gasteiger partial charge in [-0.1, -0.05) is 23.2 Å². The number of aromatic nitrogens is 2. The molecular formula is C25H27Cl2N7O2. The summed E-state index contributed by atoms with van der Waals surface area (Å²) in [6.45, 7) is 4.99. The van der Waals surface area contributed by atoms with E-state index >= 15 is 0 Å². The highest BCUT2D eigenvalue weighted by Gasteiger charge is 2.23. The van der Waals surface area contributed by atoms with Gasteiger partial charge in [-0.2, -0.15) is 0 Å². The van der Waals surface area contributed by atoms with Crippen LogP contribution >= 0.6 is 23.2 Å². The van der Waals surface area contributed by atoms with E-state index in [0.717, 1.165) is 30.9 Å². The Morgan fingerprint density at radius 3 is 2.58 bits per heavy atom. The highest BCUT2D eigenvalue weighted by atomic mass is 35.5. The number of benzene rings is 2. The van der Waals surface area contributed by atoms with Gasteiger partial charge in [0, 0.05) is 67.1 Å². The number of hydrogen-bond donors (Lipinski definition) is 4. The summed E-state index contributed by atoms with van der Waals surface area (Å²) >= 11 is 12.6. The summed E-state index contributed by atoms with van der Waals surface area (Å²) in [6, 6.07) is 14.3. The smallest absolute Gasteiger partial charge is 0.253 e. The molecule has 1 amide bonds. The fourth-order valence-corrected chi connectivity index (χ4v) is 4.72. The molecule has 1 aromatic heterocycles. The van der Waals surface area contributed by atoms with Crippen molar-refractivity contribution in [2.24, 2.45) is 0 Å². The number of nitrogens with one attached hydrogen (secondary N) is 3. The average molecular weight is 528 g/mol. The van der Waals surface area contributed by atoms with Crippen molar-refractivity contribution in [3.8, 4) is 0 Å². The van der Waals surface area contributed by atoms with Gasteiger partial charge in [-0.05, 0) is 54.1 Å². The van der Waals surface area contributed by atoms with Crippen LogP contribution in [-0.4, -0.2) is 65.4 Å². The lowest BCUT2D eigenvalue weighted by molar-refractivity contribution is 0.0736. The predicted octanol–water partition coefficient (Wildman–Crippen LogP) is 3.36. The molecule has 5 rings (SSSR count). The Labute approximate surface area is 219 Å². The molecule has 0 aliphatic carbocycles. The van der Waals surface area contributed by atoms with Crippen LogP contribution in [0.4, 0.5) is 17.2 Å². The van der Waals surface area contributed by atoms with Crippen LogP contribution in [0.5, 0.6) is 0 Å². The molecule has 1 saturated heterocycles. The van der Waals surface area contributed by atoms with Crippen molar-refractivity contribution >= 4 is 46.3 Å². The van der Waals surface area contributed by atoms with Crippen molar-refractivity contribution in [3.05, 3.63) is 75.4 Å². The predicted molar refractivity (Wildman–Crippen MR) is 142 cm³/mol. The van der Waals surface area contributed by atoms with Gasteiger partial charge in [0.25, 0.3) is 5.91 Å². The molecule has 2 aliphatic heterocycles. The summed E-state index contributed by atoms with van der Waals surface area (Å²) in [4.78, 5) is 16.6. The molecule has 11 heteroatoms. The molecule has 4 N–H and O–H groups in total. The minimum absolute atomic E-state index is 0.0107. The highest BCUT2D eigenvalue weighted by molar-refractivity contribution is 6.33. The van der Waals surface area contributed by atoms with Gasteiger partial charge in [0.15, 0.2) is 12.0 Å². The molecule has 9 nitrogen and oxygen atoms in total. The highest BCUT2D eigenvalue weighted by Crippen LogP contribution is 2.32. The maximum absolute atomic E-state index is 12.7. The topological polar surface area (TPSA) is 106 Å². The van der Waals surface area contributed by atoms with Crippen molar-refractivity contribution in [2.45, 2.75) is 12.8 Å². The van der Waals surface area contributed by atoms with E-state index in [0.29, 0.717) is 59.0 Å². The lowest BCUT2D eigenvalue weighted by Gasteiger charge is -2.31. The Hall–Kier alpha value is -3.11. The SMILES string of the molecule is O=C(c1ccc(NC(O)c2cc3c(nn2)NCCN3Cc2cc(Cl)ccc2Cl)cc1)N1CCNCC1. The van der Waals surface area contributed by atoms with E-state index < -0.39 is 6.23 Å². The quantitative estimate of drug-likeness (QED) is 0.361. The normalized spacial score (nSPS) is 16.2. The zero-order valence-electron chi connectivity index (χ0n) is 19.5. The number of hydrogen-bond acceptors (Lipinski definition) is 8. The molecule has 2 aromatic carbocycles. The van der Waals surface area contributed by atoms with Gasteiger partial charge in [-0.3, -0.25) is 4.79 Å². The van der Waals surface area contributed by atoms with Gasteiger partial charge in [0.2, 0.25) is 0 Å². The standard InChI is InChI=1S/C25H27Cl2N7O2/c26-18-3-6-20(27)17(13-18)15-34-12-9-29-23-22(34)14-21(31-32-23)24(35)30-19-4-1-16(2-5-19)25(36)33-10-7-28-8-11-33/h1-6,13-14,24,28,30,35H,7-12,15H2,(H,29,32). The second kappa shape index (κ2) is 10.9. The third-order valence-corrected chi connectivity index (χ3v) is 6.90. The molecule has 36 heavy (non-hydrogen) atoms. The molecule has 188 valence electrons. The van der Waals surface area contributed by atoms with Gasteiger partial charge in [0.05, 0.1) is 5.69 Å². The molecule has 1 atom stereocenters. The van der Waals surface area contributed by atoms with E-state index in [1.54, 1.807) is 36.4 Å². The van der Waals surface area contributed by atoms with Crippen LogP contribution in [0, 0.1) is 0 Å². The maximum Gasteiger partial charge on any atom is 0.253 e. The van der Waals surface area contributed by atoms with Gasteiger partial charge >= 0.3 is 0 Å². The summed E-state index contributed by atoms with van der Waals surface area (Å²) in [5.74, 6) is 0.655. The molecule has 0 bridgehead atoms. The van der Waals surface area contributed by atoms with Gasteiger partial charge in [-0.15, -0.1) is 10.2 Å². The number of fused-ring (bicyclic) bond motifs is 1. The fraction of sp³-hybridized carbons (Fsp3) is 0.320. The van der Waals surface area contributed by atoms with Crippen LogP contribution in [0.25, 0.3) is 0 Å². The molecule has 3 aromatic rings. The van der Waals surface area contributed by atoms with Crippen LogP contribution in [0.1, 0.15) is 27.8 Å². The lowest BCUT2D eigenvalue weighted by atomic mass is 10.1. The monoisotopic (exact) mass is 527 g/mol. The number of piperazine rings is 1. The van der Waals surface area contributed by atoms with E-state index in [-0.39, 0.29) is 5.91 Å². The summed E-state index contributed by atoms with van der Waals surface area (Å²) in [6.07, 6.45) is -1.09. The summed E-state index contributed by atoms with van der Waals surface area (Å²) in [5.41, 5.74) is 3.39. The zero-order valence-corrected chi connectivity index (χ0v) is 21.1. The largest absolute Gasteiger partial charge is 0.368 e. The Morgan fingerprint density at radius 2 is 1.81 bits per heavy atom. The Balaban J connectivity index is 1.29. The fourth-order valence-electron chi connectivity index (χ4n) is 4.35. The Bertz CT molecular complexity index is 1240. The van der Waals surface area contributed by atoms with E-state index in [9.17, 15) is 9.90 Å². The number of amides is 1. The van der Waals surface area contributed by atoms with Gasteiger partial charge in [0.1, 0.15) is 5.69 Å².